The summed E-state index contributed by atoms with van der Waals surface area (Å²) in [5, 5.41) is 10.9. The van der Waals surface area contributed by atoms with Gasteiger partial charge in [-0.3, -0.25) is 4.79 Å². The molecule has 1 fully saturated rings. The van der Waals surface area contributed by atoms with Crippen LogP contribution in [0.25, 0.3) is 0 Å². The van der Waals surface area contributed by atoms with Crippen LogP contribution in [0.3, 0.4) is 0 Å². The molecule has 0 bridgehead atoms. The number of anilines is 1. The summed E-state index contributed by atoms with van der Waals surface area (Å²) in [6, 6.07) is 0.756. The van der Waals surface area contributed by atoms with Gasteiger partial charge >= 0.3 is 0 Å². The van der Waals surface area contributed by atoms with Crippen molar-refractivity contribution < 1.29 is 0 Å². The van der Waals surface area contributed by atoms with Gasteiger partial charge in [0.15, 0.2) is 0 Å². The molecule has 1 aliphatic rings. The summed E-state index contributed by atoms with van der Waals surface area (Å²) in [5.41, 5.74) is 0.715. The molecule has 1 aliphatic carbocycles. The van der Waals surface area contributed by atoms with E-state index in [9.17, 15) is 4.79 Å². The van der Waals surface area contributed by atoms with Crippen molar-refractivity contribution in [2.24, 2.45) is 0 Å². The van der Waals surface area contributed by atoms with Crippen LogP contribution in [0.2, 0.25) is 0 Å². The fraction of sp³-hybridized carbons (Fsp3) is 0.692. The highest BCUT2D eigenvalue weighted by Crippen LogP contribution is 2.18. The molecule has 1 aromatic heterocycles. The number of hydrogen-bond donors (Lipinski definition) is 2. The van der Waals surface area contributed by atoms with Crippen molar-refractivity contribution in [3.05, 3.63) is 21.0 Å². The van der Waals surface area contributed by atoms with Crippen LogP contribution in [0, 0.1) is 0 Å². The van der Waals surface area contributed by atoms with Gasteiger partial charge in [0.1, 0.15) is 4.47 Å². The molecule has 19 heavy (non-hydrogen) atoms. The Morgan fingerprint density at radius 3 is 2.95 bits per heavy atom. The van der Waals surface area contributed by atoms with Crippen molar-refractivity contribution >= 4 is 21.6 Å². The number of aromatic nitrogens is 2. The largest absolute Gasteiger partial charge is 0.383 e. The second kappa shape index (κ2) is 7.05. The Kier molecular flexibility index (Phi) is 5.39. The Hall–Kier alpha value is -0.880. The lowest BCUT2D eigenvalue weighted by molar-refractivity contribution is 0.565. The molecule has 2 rings (SSSR count). The lowest BCUT2D eigenvalue weighted by Gasteiger charge is -2.10. The minimum Gasteiger partial charge on any atom is -0.383 e. The van der Waals surface area contributed by atoms with Gasteiger partial charge in [0.25, 0.3) is 5.56 Å². The molecule has 0 aromatic carbocycles. The summed E-state index contributed by atoms with van der Waals surface area (Å²) in [4.78, 5) is 12.0. The molecular formula is C13H21BrN4O. The molecule has 0 unspecified atom stereocenters. The average molecular weight is 329 g/mol. The van der Waals surface area contributed by atoms with E-state index >= 15 is 0 Å². The molecule has 106 valence electrons. The summed E-state index contributed by atoms with van der Waals surface area (Å²) in [5.74, 6) is 0. The van der Waals surface area contributed by atoms with Crippen molar-refractivity contribution in [2.45, 2.75) is 45.2 Å². The third kappa shape index (κ3) is 4.31. The van der Waals surface area contributed by atoms with E-state index in [0.717, 1.165) is 37.7 Å². The Morgan fingerprint density at radius 1 is 1.47 bits per heavy atom. The zero-order valence-electron chi connectivity index (χ0n) is 11.3. The van der Waals surface area contributed by atoms with Crippen LogP contribution in [0.1, 0.15) is 32.6 Å². The van der Waals surface area contributed by atoms with Gasteiger partial charge in [-0.2, -0.15) is 5.10 Å². The fourth-order valence-corrected chi connectivity index (χ4v) is 2.31. The normalized spacial score (nSPS) is 14.6. The lowest BCUT2D eigenvalue weighted by atomic mass is 10.3. The molecule has 0 spiro atoms. The molecule has 0 radical (unpaired) electrons. The summed E-state index contributed by atoms with van der Waals surface area (Å²) in [6.45, 7) is 4.55. The van der Waals surface area contributed by atoms with E-state index in [4.69, 9.17) is 0 Å². The van der Waals surface area contributed by atoms with E-state index < -0.39 is 0 Å². The van der Waals surface area contributed by atoms with Gasteiger partial charge in [-0.15, -0.1) is 0 Å². The van der Waals surface area contributed by atoms with Crippen LogP contribution in [-0.4, -0.2) is 28.9 Å². The molecule has 5 nitrogen and oxygen atoms in total. The number of nitrogens with one attached hydrogen (secondary N) is 2. The molecule has 1 aromatic rings. The number of halogens is 1. The summed E-state index contributed by atoms with van der Waals surface area (Å²) in [6.07, 6.45) is 6.30. The minimum absolute atomic E-state index is 0.0667. The van der Waals surface area contributed by atoms with E-state index in [2.05, 4.69) is 31.7 Å². The molecule has 2 N–H and O–H groups in total. The first-order chi connectivity index (χ1) is 9.22. The summed E-state index contributed by atoms with van der Waals surface area (Å²) < 4.78 is 2.07. The number of hydrogen-bond acceptors (Lipinski definition) is 4. The van der Waals surface area contributed by atoms with Crippen molar-refractivity contribution in [3.8, 4) is 0 Å². The Balaban J connectivity index is 1.82. The maximum atomic E-state index is 12.0. The van der Waals surface area contributed by atoms with E-state index in [1.807, 2.05) is 6.92 Å². The third-order valence-corrected chi connectivity index (χ3v) is 3.87. The van der Waals surface area contributed by atoms with Gasteiger partial charge in [-0.25, -0.2) is 4.68 Å². The van der Waals surface area contributed by atoms with Crippen LogP contribution in [0.15, 0.2) is 15.5 Å². The maximum absolute atomic E-state index is 12.0. The van der Waals surface area contributed by atoms with Crippen molar-refractivity contribution in [2.75, 3.05) is 18.4 Å². The van der Waals surface area contributed by atoms with Crippen LogP contribution in [0.5, 0.6) is 0 Å². The van der Waals surface area contributed by atoms with Crippen LogP contribution < -0.4 is 16.2 Å². The SMILES string of the molecule is CCCn1ncc(NCCCNC2CC2)c(Br)c1=O. The minimum atomic E-state index is -0.0667. The monoisotopic (exact) mass is 328 g/mol. The lowest BCUT2D eigenvalue weighted by Crippen LogP contribution is -2.25. The van der Waals surface area contributed by atoms with Gasteiger partial charge in [0.2, 0.25) is 0 Å². The molecule has 0 amide bonds. The van der Waals surface area contributed by atoms with Crippen molar-refractivity contribution in [1.29, 1.82) is 0 Å². The quantitative estimate of drug-likeness (QED) is 0.716. The highest BCUT2D eigenvalue weighted by molar-refractivity contribution is 9.10. The maximum Gasteiger partial charge on any atom is 0.283 e. The molecule has 6 heteroatoms. The molecule has 0 atom stereocenters. The molecule has 1 saturated carbocycles. The van der Waals surface area contributed by atoms with Gasteiger partial charge in [0.05, 0.1) is 11.9 Å². The van der Waals surface area contributed by atoms with Gasteiger partial charge < -0.3 is 10.6 Å². The molecule has 1 heterocycles. The zero-order valence-corrected chi connectivity index (χ0v) is 12.9. The van der Waals surface area contributed by atoms with Gasteiger partial charge in [0, 0.05) is 19.1 Å². The second-order valence-corrected chi connectivity index (χ2v) is 5.70. The van der Waals surface area contributed by atoms with Gasteiger partial charge in [-0.1, -0.05) is 6.92 Å². The zero-order chi connectivity index (χ0) is 13.7. The van der Waals surface area contributed by atoms with Gasteiger partial charge in [-0.05, 0) is 48.2 Å². The first kappa shape index (κ1) is 14.5. The fourth-order valence-electron chi connectivity index (χ4n) is 1.86. The smallest absolute Gasteiger partial charge is 0.283 e. The standard InChI is InChI=1S/C13H21BrN4O/c1-2-8-18-13(19)12(14)11(9-17-18)16-7-3-6-15-10-4-5-10/h9-10,15-16H,2-8H2,1H3. The average Bonchev–Trinajstić information content (AvgIpc) is 3.21. The number of nitrogens with zero attached hydrogens (tertiary/aromatic N) is 2. The number of aryl methyl sites for hydroxylation is 1. The van der Waals surface area contributed by atoms with Crippen LogP contribution in [-0.2, 0) is 6.54 Å². The van der Waals surface area contributed by atoms with Crippen LogP contribution >= 0.6 is 15.9 Å². The molecule has 0 saturated heterocycles. The third-order valence-electron chi connectivity index (χ3n) is 3.10. The topological polar surface area (TPSA) is 59.0 Å². The Labute approximate surface area is 121 Å². The number of rotatable bonds is 8. The second-order valence-electron chi connectivity index (χ2n) is 4.91. The Morgan fingerprint density at radius 2 is 2.26 bits per heavy atom. The summed E-state index contributed by atoms with van der Waals surface area (Å²) >= 11 is 3.35. The van der Waals surface area contributed by atoms with E-state index in [-0.39, 0.29) is 5.56 Å². The molecule has 0 aliphatic heterocycles. The predicted molar refractivity (Wildman–Crippen MR) is 80.6 cm³/mol. The van der Waals surface area contributed by atoms with E-state index in [1.54, 1.807) is 6.20 Å². The predicted octanol–water partition coefficient (Wildman–Crippen LogP) is 1.97. The van der Waals surface area contributed by atoms with E-state index in [0.29, 0.717) is 11.0 Å². The molecular weight excluding hydrogens is 308 g/mol. The van der Waals surface area contributed by atoms with Crippen LogP contribution in [0.4, 0.5) is 5.69 Å². The van der Waals surface area contributed by atoms with Crippen molar-refractivity contribution in [1.82, 2.24) is 15.1 Å². The highest BCUT2D eigenvalue weighted by Gasteiger charge is 2.19. The van der Waals surface area contributed by atoms with Crippen molar-refractivity contribution in [3.63, 3.8) is 0 Å². The first-order valence-corrected chi connectivity index (χ1v) is 7.74. The first-order valence-electron chi connectivity index (χ1n) is 6.95. The van der Waals surface area contributed by atoms with E-state index in [1.165, 1.54) is 17.5 Å². The highest BCUT2D eigenvalue weighted by atomic mass is 79.9. The Bertz CT molecular complexity index is 470. The summed E-state index contributed by atoms with van der Waals surface area (Å²) in [7, 11) is 0.